The molecule has 0 spiro atoms. The molecular formula is C24H22N4O3. The van der Waals surface area contributed by atoms with Crippen LogP contribution in [0.1, 0.15) is 32.7 Å². The zero-order valence-electron chi connectivity index (χ0n) is 17.3. The van der Waals surface area contributed by atoms with Crippen LogP contribution in [-0.4, -0.2) is 16.4 Å². The molecule has 0 aliphatic carbocycles. The Hall–Kier alpha value is -4.18. The third-order valence-corrected chi connectivity index (χ3v) is 4.84. The molecule has 0 radical (unpaired) electrons. The van der Waals surface area contributed by atoms with Crippen LogP contribution in [0.25, 0.3) is 0 Å². The second-order valence-electron chi connectivity index (χ2n) is 7.14. The number of hydrogen-bond acceptors (Lipinski definition) is 4. The summed E-state index contributed by atoms with van der Waals surface area (Å²) in [5.41, 5.74) is 2.71. The summed E-state index contributed by atoms with van der Waals surface area (Å²) in [7, 11) is 0. The molecule has 0 bridgehead atoms. The van der Waals surface area contributed by atoms with Crippen LogP contribution in [0.15, 0.2) is 65.5 Å². The van der Waals surface area contributed by atoms with Gasteiger partial charge < -0.3 is 15.2 Å². The van der Waals surface area contributed by atoms with E-state index in [1.165, 1.54) is 4.57 Å². The standard InChI is InChI=1S/C24H22N4O3/c1-16-12-17(2)28(24(31)21(16)13-25)15-22(29)27-20-10-8-19(9-11-20)23(30)26-14-18-6-4-3-5-7-18/h3-12H,14-15H2,1-2H3,(H,26,30)(H,27,29). The molecule has 0 aliphatic rings. The zero-order chi connectivity index (χ0) is 22.4. The third kappa shape index (κ3) is 5.25. The number of amides is 2. The third-order valence-electron chi connectivity index (χ3n) is 4.84. The first kappa shape index (κ1) is 21.5. The maximum absolute atomic E-state index is 12.4. The number of benzene rings is 2. The SMILES string of the molecule is Cc1cc(C)n(CC(=O)Nc2ccc(C(=O)NCc3ccccc3)cc2)c(=O)c1C#N. The van der Waals surface area contributed by atoms with E-state index in [9.17, 15) is 14.4 Å². The summed E-state index contributed by atoms with van der Waals surface area (Å²) in [4.78, 5) is 37.1. The zero-order valence-corrected chi connectivity index (χ0v) is 17.3. The summed E-state index contributed by atoms with van der Waals surface area (Å²) in [6.45, 7) is 3.62. The van der Waals surface area contributed by atoms with Crippen LogP contribution < -0.4 is 16.2 Å². The van der Waals surface area contributed by atoms with Gasteiger partial charge in [0.05, 0.1) is 0 Å². The summed E-state index contributed by atoms with van der Waals surface area (Å²) in [5.74, 6) is -0.619. The fourth-order valence-corrected chi connectivity index (χ4v) is 3.19. The van der Waals surface area contributed by atoms with E-state index in [1.807, 2.05) is 36.4 Å². The van der Waals surface area contributed by atoms with Gasteiger partial charge in [-0.15, -0.1) is 0 Å². The van der Waals surface area contributed by atoms with Crippen LogP contribution in [0, 0.1) is 25.2 Å². The van der Waals surface area contributed by atoms with E-state index < -0.39 is 11.5 Å². The number of nitrogens with zero attached hydrogens (tertiary/aromatic N) is 2. The van der Waals surface area contributed by atoms with Gasteiger partial charge in [-0.05, 0) is 55.3 Å². The lowest BCUT2D eigenvalue weighted by Crippen LogP contribution is -2.31. The predicted octanol–water partition coefficient (Wildman–Crippen LogP) is 2.91. The van der Waals surface area contributed by atoms with Gasteiger partial charge >= 0.3 is 0 Å². The second kappa shape index (κ2) is 9.55. The van der Waals surface area contributed by atoms with Crippen molar-refractivity contribution in [3.05, 3.63) is 99.0 Å². The Morgan fingerprint density at radius 2 is 1.71 bits per heavy atom. The second-order valence-corrected chi connectivity index (χ2v) is 7.14. The molecule has 1 aromatic heterocycles. The van der Waals surface area contributed by atoms with Gasteiger partial charge in [-0.2, -0.15) is 5.26 Å². The topological polar surface area (TPSA) is 104 Å². The monoisotopic (exact) mass is 414 g/mol. The first-order valence-electron chi connectivity index (χ1n) is 9.72. The number of nitriles is 1. The summed E-state index contributed by atoms with van der Waals surface area (Å²) in [6.07, 6.45) is 0. The number of aromatic nitrogens is 1. The lowest BCUT2D eigenvalue weighted by atomic mass is 10.1. The minimum Gasteiger partial charge on any atom is -0.348 e. The fraction of sp³-hybridized carbons (Fsp3) is 0.167. The van der Waals surface area contributed by atoms with Crippen LogP contribution in [0.4, 0.5) is 5.69 Å². The number of anilines is 1. The van der Waals surface area contributed by atoms with E-state index in [0.717, 1.165) is 5.56 Å². The molecule has 7 nitrogen and oxygen atoms in total. The molecule has 0 saturated carbocycles. The maximum atomic E-state index is 12.4. The largest absolute Gasteiger partial charge is 0.348 e. The van der Waals surface area contributed by atoms with Crippen molar-refractivity contribution in [3.63, 3.8) is 0 Å². The van der Waals surface area contributed by atoms with Crippen molar-refractivity contribution >= 4 is 17.5 Å². The number of pyridine rings is 1. The van der Waals surface area contributed by atoms with E-state index in [0.29, 0.717) is 29.1 Å². The lowest BCUT2D eigenvalue weighted by molar-refractivity contribution is -0.116. The Morgan fingerprint density at radius 1 is 1.03 bits per heavy atom. The molecule has 2 aromatic carbocycles. The number of carbonyl (C=O) groups is 2. The minimum atomic E-state index is -0.486. The average Bonchev–Trinajstić information content (AvgIpc) is 2.76. The Balaban J connectivity index is 1.62. The Morgan fingerprint density at radius 3 is 2.35 bits per heavy atom. The smallest absolute Gasteiger partial charge is 0.269 e. The average molecular weight is 414 g/mol. The predicted molar refractivity (Wildman–Crippen MR) is 118 cm³/mol. The van der Waals surface area contributed by atoms with Crippen LogP contribution in [0.3, 0.4) is 0 Å². The van der Waals surface area contributed by atoms with Crippen LogP contribution in [0.2, 0.25) is 0 Å². The first-order chi connectivity index (χ1) is 14.9. The molecule has 3 aromatic rings. The summed E-state index contributed by atoms with van der Waals surface area (Å²) < 4.78 is 1.27. The lowest BCUT2D eigenvalue weighted by Gasteiger charge is -2.12. The molecule has 156 valence electrons. The van der Waals surface area contributed by atoms with Gasteiger partial charge in [0, 0.05) is 23.5 Å². The summed E-state index contributed by atoms with van der Waals surface area (Å²) >= 11 is 0. The van der Waals surface area contributed by atoms with Gasteiger partial charge in [-0.25, -0.2) is 0 Å². The molecule has 1 heterocycles. The molecular weight excluding hydrogens is 392 g/mol. The van der Waals surface area contributed by atoms with Crippen molar-refractivity contribution in [2.75, 3.05) is 5.32 Å². The molecule has 0 fully saturated rings. The van der Waals surface area contributed by atoms with Gasteiger partial charge in [0.15, 0.2) is 0 Å². The van der Waals surface area contributed by atoms with Crippen molar-refractivity contribution in [3.8, 4) is 6.07 Å². The Bertz CT molecular complexity index is 1210. The van der Waals surface area contributed by atoms with Crippen LogP contribution in [-0.2, 0) is 17.9 Å². The van der Waals surface area contributed by atoms with Crippen molar-refractivity contribution in [2.24, 2.45) is 0 Å². The highest BCUT2D eigenvalue weighted by Gasteiger charge is 2.13. The number of hydrogen-bond donors (Lipinski definition) is 2. The highest BCUT2D eigenvalue weighted by Crippen LogP contribution is 2.11. The minimum absolute atomic E-state index is 0.0317. The quantitative estimate of drug-likeness (QED) is 0.647. The molecule has 31 heavy (non-hydrogen) atoms. The number of rotatable bonds is 6. The van der Waals surface area contributed by atoms with Gasteiger partial charge in [-0.1, -0.05) is 30.3 Å². The molecule has 2 amide bonds. The molecule has 0 atom stereocenters. The molecule has 0 saturated heterocycles. The Kier molecular flexibility index (Phi) is 6.63. The van der Waals surface area contributed by atoms with Crippen molar-refractivity contribution < 1.29 is 9.59 Å². The molecule has 3 rings (SSSR count). The van der Waals surface area contributed by atoms with Crippen molar-refractivity contribution in [1.29, 1.82) is 5.26 Å². The van der Waals surface area contributed by atoms with Crippen LogP contribution in [0.5, 0.6) is 0 Å². The van der Waals surface area contributed by atoms with Gasteiger partial charge in [0.25, 0.3) is 11.5 Å². The summed E-state index contributed by atoms with van der Waals surface area (Å²) in [6, 6.07) is 19.7. The van der Waals surface area contributed by atoms with E-state index in [-0.39, 0.29) is 18.0 Å². The molecule has 7 heteroatoms. The van der Waals surface area contributed by atoms with Gasteiger partial charge in [0.2, 0.25) is 5.91 Å². The van der Waals surface area contributed by atoms with E-state index in [2.05, 4.69) is 10.6 Å². The van der Waals surface area contributed by atoms with Crippen LogP contribution >= 0.6 is 0 Å². The van der Waals surface area contributed by atoms with Gasteiger partial charge in [-0.3, -0.25) is 14.4 Å². The molecule has 2 N–H and O–H groups in total. The molecule has 0 aliphatic heterocycles. The Labute approximate surface area is 180 Å². The fourth-order valence-electron chi connectivity index (χ4n) is 3.19. The highest BCUT2D eigenvalue weighted by atomic mass is 16.2. The van der Waals surface area contributed by atoms with Crippen molar-refractivity contribution in [1.82, 2.24) is 9.88 Å². The van der Waals surface area contributed by atoms with Crippen molar-refractivity contribution in [2.45, 2.75) is 26.9 Å². The van der Waals surface area contributed by atoms with E-state index >= 15 is 0 Å². The number of nitrogens with one attached hydrogen (secondary N) is 2. The number of carbonyl (C=O) groups excluding carboxylic acids is 2. The maximum Gasteiger partial charge on any atom is 0.269 e. The number of aryl methyl sites for hydroxylation is 2. The summed E-state index contributed by atoms with van der Waals surface area (Å²) in [5, 5.41) is 14.7. The molecule has 0 unspecified atom stereocenters. The van der Waals surface area contributed by atoms with E-state index in [4.69, 9.17) is 5.26 Å². The first-order valence-corrected chi connectivity index (χ1v) is 9.72. The van der Waals surface area contributed by atoms with E-state index in [1.54, 1.807) is 44.2 Å². The normalized spacial score (nSPS) is 10.2. The highest BCUT2D eigenvalue weighted by molar-refractivity contribution is 5.95. The van der Waals surface area contributed by atoms with Gasteiger partial charge in [0.1, 0.15) is 18.2 Å².